The molecule has 1 aliphatic heterocycles. The minimum absolute atomic E-state index is 0.115. The third-order valence-electron chi connectivity index (χ3n) is 5.16. The summed E-state index contributed by atoms with van der Waals surface area (Å²) in [6.07, 6.45) is 1.70. The zero-order valence-corrected chi connectivity index (χ0v) is 19.2. The van der Waals surface area contributed by atoms with Crippen LogP contribution >= 0.6 is 15.9 Å². The van der Waals surface area contributed by atoms with E-state index in [4.69, 9.17) is 9.15 Å². The van der Waals surface area contributed by atoms with E-state index in [2.05, 4.69) is 26.6 Å². The van der Waals surface area contributed by atoms with Gasteiger partial charge in [0.05, 0.1) is 18.7 Å². The van der Waals surface area contributed by atoms with Crippen LogP contribution < -0.4 is 20.3 Å². The lowest BCUT2D eigenvalue weighted by Gasteiger charge is -2.17. The van der Waals surface area contributed by atoms with Gasteiger partial charge in [-0.3, -0.25) is 14.4 Å². The highest BCUT2D eigenvalue weighted by atomic mass is 79.9. The molecule has 9 heteroatoms. The smallest absolute Gasteiger partial charge is 0.262 e. The average Bonchev–Trinajstić information content (AvgIpc) is 3.48. The van der Waals surface area contributed by atoms with E-state index in [0.717, 1.165) is 4.47 Å². The van der Waals surface area contributed by atoms with E-state index < -0.39 is 5.92 Å². The third-order valence-corrected chi connectivity index (χ3v) is 5.69. The van der Waals surface area contributed by atoms with E-state index in [0.29, 0.717) is 29.4 Å². The lowest BCUT2D eigenvalue weighted by molar-refractivity contribution is -0.126. The Labute approximate surface area is 199 Å². The Balaban J connectivity index is 1.26. The molecule has 1 saturated heterocycles. The van der Waals surface area contributed by atoms with Crippen LogP contribution in [-0.2, 0) is 20.9 Å². The lowest BCUT2D eigenvalue weighted by Crippen LogP contribution is -2.32. The second kappa shape index (κ2) is 10.4. The number of amides is 3. The topological polar surface area (TPSA) is 101 Å². The van der Waals surface area contributed by atoms with Gasteiger partial charge in [-0.1, -0.05) is 15.9 Å². The predicted molar refractivity (Wildman–Crippen MR) is 126 cm³/mol. The first-order valence-corrected chi connectivity index (χ1v) is 11.2. The summed E-state index contributed by atoms with van der Waals surface area (Å²) in [6, 6.07) is 17.6. The molecule has 2 aromatic carbocycles. The van der Waals surface area contributed by atoms with Crippen molar-refractivity contribution >= 4 is 45.0 Å². The number of nitrogens with one attached hydrogen (secondary N) is 2. The normalized spacial score (nSPS) is 15.4. The molecule has 2 heterocycles. The molecule has 4 rings (SSSR count). The summed E-state index contributed by atoms with van der Waals surface area (Å²) in [4.78, 5) is 38.5. The molecule has 0 saturated carbocycles. The Hall–Kier alpha value is -3.59. The molecule has 1 atom stereocenters. The molecule has 3 amide bonds. The van der Waals surface area contributed by atoms with Crippen LogP contribution in [-0.4, -0.2) is 30.9 Å². The molecular formula is C24H22BrN3O5. The standard InChI is InChI=1S/C24H22BrN3O5/c25-17-3-5-18(6-4-17)27-22(29)15-33-20-9-7-19(8-10-20)28-14-16(12-23(28)30)24(31)26-13-21-2-1-11-32-21/h1-11,16H,12-15H2,(H,26,31)(H,27,29)/t16-/m0/s1. The number of nitrogens with zero attached hydrogens (tertiary/aromatic N) is 1. The molecule has 8 nitrogen and oxygen atoms in total. The minimum atomic E-state index is -0.425. The first kappa shape index (κ1) is 22.6. The number of carbonyl (C=O) groups is 3. The molecule has 33 heavy (non-hydrogen) atoms. The Morgan fingerprint density at radius 1 is 1.09 bits per heavy atom. The molecule has 0 bridgehead atoms. The molecule has 170 valence electrons. The van der Waals surface area contributed by atoms with E-state index in [9.17, 15) is 14.4 Å². The Morgan fingerprint density at radius 2 is 1.85 bits per heavy atom. The van der Waals surface area contributed by atoms with Crippen LogP contribution in [0.3, 0.4) is 0 Å². The first-order valence-electron chi connectivity index (χ1n) is 10.4. The van der Waals surface area contributed by atoms with E-state index in [-0.39, 0.29) is 37.3 Å². The number of carbonyl (C=O) groups excluding carboxylic acids is 3. The van der Waals surface area contributed by atoms with Crippen molar-refractivity contribution < 1.29 is 23.5 Å². The minimum Gasteiger partial charge on any atom is -0.484 e. The van der Waals surface area contributed by atoms with Gasteiger partial charge in [-0.15, -0.1) is 0 Å². The van der Waals surface area contributed by atoms with E-state index >= 15 is 0 Å². The number of anilines is 2. The summed E-state index contributed by atoms with van der Waals surface area (Å²) in [6.45, 7) is 0.451. The second-order valence-electron chi connectivity index (χ2n) is 7.54. The Kier molecular flexibility index (Phi) is 7.09. The van der Waals surface area contributed by atoms with Gasteiger partial charge in [-0.05, 0) is 60.7 Å². The summed E-state index contributed by atoms with van der Waals surface area (Å²) >= 11 is 3.35. The van der Waals surface area contributed by atoms with Crippen LogP contribution in [0.4, 0.5) is 11.4 Å². The molecule has 0 aliphatic carbocycles. The number of halogens is 1. The number of ether oxygens (including phenoxy) is 1. The number of furan rings is 1. The van der Waals surface area contributed by atoms with Gasteiger partial charge in [-0.2, -0.15) is 0 Å². The fourth-order valence-corrected chi connectivity index (χ4v) is 3.73. The van der Waals surface area contributed by atoms with Crippen molar-refractivity contribution in [3.63, 3.8) is 0 Å². The van der Waals surface area contributed by atoms with Crippen molar-refractivity contribution in [2.45, 2.75) is 13.0 Å². The number of benzene rings is 2. The van der Waals surface area contributed by atoms with Crippen molar-refractivity contribution in [1.82, 2.24) is 5.32 Å². The van der Waals surface area contributed by atoms with Crippen LogP contribution in [0.5, 0.6) is 5.75 Å². The maximum Gasteiger partial charge on any atom is 0.262 e. The molecule has 1 aromatic heterocycles. The van der Waals surface area contributed by atoms with Crippen LogP contribution in [0, 0.1) is 5.92 Å². The average molecular weight is 512 g/mol. The maximum absolute atomic E-state index is 12.5. The van der Waals surface area contributed by atoms with Gasteiger partial charge in [0.25, 0.3) is 5.91 Å². The van der Waals surface area contributed by atoms with Crippen LogP contribution in [0.2, 0.25) is 0 Å². The summed E-state index contributed by atoms with van der Waals surface area (Å²) in [5.41, 5.74) is 1.35. The lowest BCUT2D eigenvalue weighted by atomic mass is 10.1. The van der Waals surface area contributed by atoms with Crippen molar-refractivity contribution in [3.05, 3.63) is 77.2 Å². The monoisotopic (exact) mass is 511 g/mol. The van der Waals surface area contributed by atoms with E-state index in [1.807, 2.05) is 12.1 Å². The van der Waals surface area contributed by atoms with Gasteiger partial charge < -0.3 is 24.7 Å². The largest absolute Gasteiger partial charge is 0.484 e. The van der Waals surface area contributed by atoms with Gasteiger partial charge in [0.1, 0.15) is 11.5 Å². The highest BCUT2D eigenvalue weighted by Crippen LogP contribution is 2.27. The highest BCUT2D eigenvalue weighted by Gasteiger charge is 2.35. The predicted octanol–water partition coefficient (Wildman–Crippen LogP) is 3.73. The SMILES string of the molecule is O=C(COc1ccc(N2C[C@@H](C(=O)NCc3ccco3)CC2=O)cc1)Nc1ccc(Br)cc1. The van der Waals surface area contributed by atoms with Crippen molar-refractivity contribution in [1.29, 1.82) is 0 Å². The van der Waals surface area contributed by atoms with Crippen LogP contribution in [0.25, 0.3) is 0 Å². The summed E-state index contributed by atoms with van der Waals surface area (Å²) in [7, 11) is 0. The highest BCUT2D eigenvalue weighted by molar-refractivity contribution is 9.10. The van der Waals surface area contributed by atoms with Crippen LogP contribution in [0.15, 0.2) is 75.8 Å². The van der Waals surface area contributed by atoms with Crippen LogP contribution in [0.1, 0.15) is 12.2 Å². The molecule has 0 unspecified atom stereocenters. The van der Waals surface area contributed by atoms with Gasteiger partial charge in [0, 0.05) is 28.8 Å². The van der Waals surface area contributed by atoms with Crippen molar-refractivity contribution in [2.24, 2.45) is 5.92 Å². The Bertz CT molecular complexity index is 1110. The van der Waals surface area contributed by atoms with Crippen molar-refractivity contribution in [2.75, 3.05) is 23.4 Å². The van der Waals surface area contributed by atoms with Gasteiger partial charge in [0.2, 0.25) is 11.8 Å². The number of rotatable bonds is 8. The van der Waals surface area contributed by atoms with Crippen molar-refractivity contribution in [3.8, 4) is 5.75 Å². The fourth-order valence-electron chi connectivity index (χ4n) is 3.47. The number of hydrogen-bond donors (Lipinski definition) is 2. The second-order valence-corrected chi connectivity index (χ2v) is 8.46. The summed E-state index contributed by atoms with van der Waals surface area (Å²) in [5.74, 6) is 0.162. The van der Waals surface area contributed by atoms with Gasteiger partial charge in [-0.25, -0.2) is 0 Å². The molecule has 3 aromatic rings. The fraction of sp³-hybridized carbons (Fsp3) is 0.208. The number of hydrogen-bond acceptors (Lipinski definition) is 5. The first-order chi connectivity index (χ1) is 16.0. The quantitative estimate of drug-likeness (QED) is 0.479. The summed E-state index contributed by atoms with van der Waals surface area (Å²) in [5, 5.41) is 5.56. The van der Waals surface area contributed by atoms with Gasteiger partial charge in [0.15, 0.2) is 6.61 Å². The zero-order chi connectivity index (χ0) is 23.2. The van der Waals surface area contributed by atoms with E-state index in [1.54, 1.807) is 59.7 Å². The summed E-state index contributed by atoms with van der Waals surface area (Å²) < 4.78 is 11.7. The molecule has 0 radical (unpaired) electrons. The maximum atomic E-state index is 12.5. The molecule has 1 fully saturated rings. The zero-order valence-electron chi connectivity index (χ0n) is 17.6. The van der Waals surface area contributed by atoms with E-state index in [1.165, 1.54) is 0 Å². The third kappa shape index (κ3) is 6.01. The van der Waals surface area contributed by atoms with Gasteiger partial charge >= 0.3 is 0 Å². The molecule has 2 N–H and O–H groups in total. The molecule has 1 aliphatic rings. The molecular weight excluding hydrogens is 490 g/mol. The molecule has 0 spiro atoms. The Morgan fingerprint density at radius 3 is 2.55 bits per heavy atom.